The van der Waals surface area contributed by atoms with Crippen LogP contribution in [0.5, 0.6) is 0 Å². The van der Waals surface area contributed by atoms with Gasteiger partial charge in [0.2, 0.25) is 0 Å². The molecule has 1 atom stereocenters. The van der Waals surface area contributed by atoms with Crippen LogP contribution in [0.2, 0.25) is 0 Å². The van der Waals surface area contributed by atoms with Crippen molar-refractivity contribution in [2.75, 3.05) is 6.54 Å². The van der Waals surface area contributed by atoms with E-state index in [0.717, 1.165) is 19.4 Å². The molecule has 1 aromatic heterocycles. The molecule has 102 valence electrons. The first kappa shape index (κ1) is 14.9. The normalized spacial score (nSPS) is 12.9. The van der Waals surface area contributed by atoms with Crippen molar-refractivity contribution in [1.29, 1.82) is 0 Å². The molecule has 0 radical (unpaired) electrons. The molecule has 0 saturated carbocycles. The Bertz CT molecular complexity index is 371. The molecule has 1 rings (SSSR count). The van der Waals surface area contributed by atoms with Crippen molar-refractivity contribution in [3.8, 4) is 0 Å². The molecule has 0 spiro atoms. The molecule has 0 aliphatic carbocycles. The molecule has 18 heavy (non-hydrogen) atoms. The maximum absolute atomic E-state index is 12.1. The number of carbonyl (C=O) groups is 1. The number of nitrogens with zero attached hydrogens (tertiary/aromatic N) is 2. The zero-order valence-corrected chi connectivity index (χ0v) is 11.7. The Morgan fingerprint density at radius 1 is 1.44 bits per heavy atom. The fourth-order valence-electron chi connectivity index (χ4n) is 2.27. The highest BCUT2D eigenvalue weighted by Crippen LogP contribution is 2.21. The van der Waals surface area contributed by atoms with Crippen molar-refractivity contribution in [3.05, 3.63) is 18.2 Å². The molecule has 0 aromatic carbocycles. The monoisotopic (exact) mass is 251 g/mol. The Morgan fingerprint density at radius 3 is 2.72 bits per heavy atom. The molecular formula is C14H25N3O. The van der Waals surface area contributed by atoms with Gasteiger partial charge in [-0.15, -0.1) is 0 Å². The zero-order chi connectivity index (χ0) is 13.5. The van der Waals surface area contributed by atoms with E-state index >= 15 is 0 Å². The van der Waals surface area contributed by atoms with Crippen LogP contribution in [0.15, 0.2) is 12.4 Å². The van der Waals surface area contributed by atoms with E-state index in [0.29, 0.717) is 30.6 Å². The predicted octanol–water partition coefficient (Wildman–Crippen LogP) is 2.49. The summed E-state index contributed by atoms with van der Waals surface area (Å²) in [5.74, 6) is 1.84. The number of ketones is 1. The van der Waals surface area contributed by atoms with E-state index in [1.165, 1.54) is 0 Å². The molecular weight excluding hydrogens is 226 g/mol. The van der Waals surface area contributed by atoms with Crippen LogP contribution in [0.25, 0.3) is 0 Å². The van der Waals surface area contributed by atoms with Gasteiger partial charge in [-0.05, 0) is 38.1 Å². The number of carbonyl (C=O) groups excluding carboxylic acids is 1. The summed E-state index contributed by atoms with van der Waals surface area (Å²) in [5, 5.41) is 0. The zero-order valence-electron chi connectivity index (χ0n) is 11.7. The molecule has 2 N–H and O–H groups in total. The summed E-state index contributed by atoms with van der Waals surface area (Å²) in [6.45, 7) is 7.89. The molecule has 0 aliphatic heterocycles. The van der Waals surface area contributed by atoms with E-state index in [9.17, 15) is 4.79 Å². The molecule has 0 bridgehead atoms. The van der Waals surface area contributed by atoms with Gasteiger partial charge in [0.25, 0.3) is 0 Å². The minimum Gasteiger partial charge on any atom is -0.330 e. The fourth-order valence-corrected chi connectivity index (χ4v) is 2.27. The first-order valence-electron chi connectivity index (χ1n) is 6.84. The van der Waals surface area contributed by atoms with Gasteiger partial charge in [-0.3, -0.25) is 4.79 Å². The van der Waals surface area contributed by atoms with Gasteiger partial charge in [-0.25, -0.2) is 4.98 Å². The second kappa shape index (κ2) is 7.31. The van der Waals surface area contributed by atoms with Crippen LogP contribution >= 0.6 is 0 Å². The number of aryl methyl sites for hydroxylation is 1. The van der Waals surface area contributed by atoms with Gasteiger partial charge in [0.15, 0.2) is 11.6 Å². The van der Waals surface area contributed by atoms with Crippen LogP contribution in [-0.2, 0) is 6.54 Å². The van der Waals surface area contributed by atoms with Gasteiger partial charge in [0.05, 0.1) is 0 Å². The van der Waals surface area contributed by atoms with Crippen molar-refractivity contribution < 1.29 is 4.79 Å². The summed E-state index contributed by atoms with van der Waals surface area (Å²) < 4.78 is 1.90. The molecule has 0 amide bonds. The van der Waals surface area contributed by atoms with Crippen LogP contribution in [-0.4, -0.2) is 21.9 Å². The van der Waals surface area contributed by atoms with Gasteiger partial charge < -0.3 is 10.3 Å². The summed E-state index contributed by atoms with van der Waals surface area (Å²) in [4.78, 5) is 16.2. The number of hydrogen-bond acceptors (Lipinski definition) is 3. The highest BCUT2D eigenvalue weighted by atomic mass is 16.1. The minimum atomic E-state index is 0.143. The second-order valence-corrected chi connectivity index (χ2v) is 5.08. The Labute approximate surface area is 110 Å². The first-order chi connectivity index (χ1) is 8.60. The topological polar surface area (TPSA) is 60.9 Å². The lowest BCUT2D eigenvalue weighted by Crippen LogP contribution is -2.17. The summed E-state index contributed by atoms with van der Waals surface area (Å²) in [5.41, 5.74) is 5.61. The SMILES string of the molecule is CCn1ccnc1C(=O)CCC(CCN)C(C)C. The van der Waals surface area contributed by atoms with Crippen LogP contribution in [0.3, 0.4) is 0 Å². The van der Waals surface area contributed by atoms with Gasteiger partial charge in [0.1, 0.15) is 0 Å². The fraction of sp³-hybridized carbons (Fsp3) is 0.714. The van der Waals surface area contributed by atoms with Crippen molar-refractivity contribution in [1.82, 2.24) is 9.55 Å². The van der Waals surface area contributed by atoms with E-state index in [1.54, 1.807) is 6.20 Å². The maximum atomic E-state index is 12.1. The van der Waals surface area contributed by atoms with Crippen molar-refractivity contribution in [2.45, 2.75) is 46.6 Å². The number of nitrogens with two attached hydrogens (primary N) is 1. The van der Waals surface area contributed by atoms with E-state index in [-0.39, 0.29) is 5.78 Å². The molecule has 1 unspecified atom stereocenters. The van der Waals surface area contributed by atoms with Crippen LogP contribution < -0.4 is 5.73 Å². The highest BCUT2D eigenvalue weighted by molar-refractivity contribution is 5.92. The Kier molecular flexibility index (Phi) is 6.05. The Hall–Kier alpha value is -1.16. The third-order valence-electron chi connectivity index (χ3n) is 3.53. The second-order valence-electron chi connectivity index (χ2n) is 5.08. The molecule has 1 heterocycles. The molecule has 1 aromatic rings. The first-order valence-corrected chi connectivity index (χ1v) is 6.84. The highest BCUT2D eigenvalue weighted by Gasteiger charge is 2.17. The van der Waals surface area contributed by atoms with Gasteiger partial charge in [-0.2, -0.15) is 0 Å². The molecule has 4 nitrogen and oxygen atoms in total. The summed E-state index contributed by atoms with van der Waals surface area (Å²) >= 11 is 0. The maximum Gasteiger partial charge on any atom is 0.198 e. The lowest BCUT2D eigenvalue weighted by Gasteiger charge is -2.19. The summed E-state index contributed by atoms with van der Waals surface area (Å²) in [6.07, 6.45) is 6.01. The Morgan fingerprint density at radius 2 is 2.17 bits per heavy atom. The quantitative estimate of drug-likeness (QED) is 0.722. The average Bonchev–Trinajstić information content (AvgIpc) is 2.81. The average molecular weight is 251 g/mol. The molecule has 4 heteroatoms. The number of rotatable bonds is 8. The van der Waals surface area contributed by atoms with Crippen LogP contribution in [0.1, 0.15) is 50.7 Å². The smallest absolute Gasteiger partial charge is 0.198 e. The van der Waals surface area contributed by atoms with Crippen molar-refractivity contribution >= 4 is 5.78 Å². The lowest BCUT2D eigenvalue weighted by molar-refractivity contribution is 0.0955. The van der Waals surface area contributed by atoms with Crippen molar-refractivity contribution in [3.63, 3.8) is 0 Å². The van der Waals surface area contributed by atoms with E-state index in [2.05, 4.69) is 18.8 Å². The van der Waals surface area contributed by atoms with Crippen LogP contribution in [0, 0.1) is 11.8 Å². The third kappa shape index (κ3) is 3.95. The van der Waals surface area contributed by atoms with Gasteiger partial charge in [-0.1, -0.05) is 13.8 Å². The number of Topliss-reactive ketones (excluding diaryl/α,β-unsaturated/α-hetero) is 1. The van der Waals surface area contributed by atoms with E-state index in [4.69, 9.17) is 5.73 Å². The third-order valence-corrected chi connectivity index (χ3v) is 3.53. The molecule has 0 saturated heterocycles. The molecule has 0 fully saturated rings. The lowest BCUT2D eigenvalue weighted by atomic mass is 9.87. The number of imidazole rings is 1. The van der Waals surface area contributed by atoms with Gasteiger partial charge >= 0.3 is 0 Å². The summed E-state index contributed by atoms with van der Waals surface area (Å²) in [6, 6.07) is 0. The Balaban J connectivity index is 2.54. The molecule has 0 aliphatic rings. The summed E-state index contributed by atoms with van der Waals surface area (Å²) in [7, 11) is 0. The number of hydrogen-bond donors (Lipinski definition) is 1. The van der Waals surface area contributed by atoms with Crippen molar-refractivity contribution in [2.24, 2.45) is 17.6 Å². The largest absolute Gasteiger partial charge is 0.330 e. The predicted molar refractivity (Wildman–Crippen MR) is 73.5 cm³/mol. The standard InChI is InChI=1S/C14H25N3O/c1-4-17-10-9-16-14(17)13(18)6-5-12(7-8-15)11(2)3/h9-12H,4-8,15H2,1-3H3. The van der Waals surface area contributed by atoms with Crippen LogP contribution in [0.4, 0.5) is 0 Å². The van der Waals surface area contributed by atoms with E-state index in [1.807, 2.05) is 17.7 Å². The minimum absolute atomic E-state index is 0.143. The van der Waals surface area contributed by atoms with Gasteiger partial charge in [0, 0.05) is 25.4 Å². The number of aromatic nitrogens is 2. The van der Waals surface area contributed by atoms with E-state index < -0.39 is 0 Å².